The normalized spacial score (nSPS) is 30.2. The Bertz CT molecular complexity index is 481. The molecule has 2 aliphatic carbocycles. The number of fused-ring (bicyclic) bond motifs is 4. The molecule has 0 heterocycles. The molecule has 1 aromatic carbocycles. The number of allylic oxidation sites excluding steroid dienone is 1. The molecule has 0 aliphatic heterocycles. The monoisotopic (exact) mass is 267 g/mol. The van der Waals surface area contributed by atoms with E-state index in [0.29, 0.717) is 27.9 Å². The quantitative estimate of drug-likeness (QED) is 0.764. The molecular formula is C14H15Cl2N. The lowest BCUT2D eigenvalue weighted by Crippen LogP contribution is -2.44. The number of nitrogens with one attached hydrogen (secondary N) is 1. The zero-order valence-electron chi connectivity index (χ0n) is 9.71. The number of benzene rings is 1. The first-order chi connectivity index (χ1) is 8.20. The maximum atomic E-state index is 6.14. The maximum absolute atomic E-state index is 6.14. The van der Waals surface area contributed by atoms with Gasteiger partial charge >= 0.3 is 0 Å². The predicted octanol–water partition coefficient (Wildman–Crippen LogP) is 3.80. The first kappa shape index (κ1) is 11.6. The fourth-order valence-electron chi connectivity index (χ4n) is 3.27. The molecule has 2 aliphatic rings. The summed E-state index contributed by atoms with van der Waals surface area (Å²) in [5.74, 6) is 1.12. The Labute approximate surface area is 112 Å². The van der Waals surface area contributed by atoms with Gasteiger partial charge in [-0.15, -0.1) is 0 Å². The molecule has 1 nitrogen and oxygen atoms in total. The van der Waals surface area contributed by atoms with Crippen LogP contribution in [0.2, 0.25) is 10.0 Å². The van der Waals surface area contributed by atoms with E-state index in [9.17, 15) is 0 Å². The van der Waals surface area contributed by atoms with Crippen molar-refractivity contribution in [2.24, 2.45) is 5.92 Å². The molecule has 1 aromatic rings. The van der Waals surface area contributed by atoms with Crippen molar-refractivity contribution in [3.63, 3.8) is 0 Å². The summed E-state index contributed by atoms with van der Waals surface area (Å²) in [5.41, 5.74) is 2.74. The lowest BCUT2D eigenvalue weighted by molar-refractivity contribution is 0.330. The van der Waals surface area contributed by atoms with Gasteiger partial charge in [0.25, 0.3) is 0 Å². The Morgan fingerprint density at radius 1 is 1.24 bits per heavy atom. The fraction of sp³-hybridized carbons (Fsp3) is 0.429. The first-order valence-electron chi connectivity index (χ1n) is 6.02. The van der Waals surface area contributed by atoms with Crippen molar-refractivity contribution in [1.82, 2.24) is 5.32 Å². The Morgan fingerprint density at radius 2 is 2.00 bits per heavy atom. The van der Waals surface area contributed by atoms with Crippen LogP contribution in [-0.2, 0) is 6.42 Å². The van der Waals surface area contributed by atoms with E-state index in [1.54, 1.807) is 0 Å². The van der Waals surface area contributed by atoms with Gasteiger partial charge in [0.2, 0.25) is 0 Å². The van der Waals surface area contributed by atoms with E-state index in [-0.39, 0.29) is 0 Å². The average Bonchev–Trinajstić information content (AvgIpc) is 2.32. The highest BCUT2D eigenvalue weighted by Crippen LogP contribution is 2.43. The van der Waals surface area contributed by atoms with E-state index >= 15 is 0 Å². The standard InChI is InChI=1S/C14H15Cl2N/c1-17-14-8-3-2-4-10(14)11-7-13(16)12(15)6-9(11)5-8/h2-3,6-8,10,14,17H,4-5H2,1H3. The van der Waals surface area contributed by atoms with Gasteiger partial charge in [0.05, 0.1) is 10.0 Å². The van der Waals surface area contributed by atoms with Gasteiger partial charge in [-0.3, -0.25) is 0 Å². The lowest BCUT2D eigenvalue weighted by atomic mass is 9.69. The second-order valence-corrected chi connectivity index (χ2v) is 5.73. The number of hydrogen-bond donors (Lipinski definition) is 1. The summed E-state index contributed by atoms with van der Waals surface area (Å²) in [7, 11) is 2.05. The third kappa shape index (κ3) is 1.81. The summed E-state index contributed by atoms with van der Waals surface area (Å²) >= 11 is 12.2. The minimum absolute atomic E-state index is 0.532. The third-order valence-electron chi connectivity index (χ3n) is 4.04. The number of halogens is 2. The molecule has 3 heteroatoms. The van der Waals surface area contributed by atoms with E-state index in [2.05, 4.69) is 23.5 Å². The summed E-state index contributed by atoms with van der Waals surface area (Å²) in [6.07, 6.45) is 6.79. The van der Waals surface area contributed by atoms with E-state index in [4.69, 9.17) is 23.2 Å². The van der Waals surface area contributed by atoms with Crippen LogP contribution in [0.4, 0.5) is 0 Å². The first-order valence-corrected chi connectivity index (χ1v) is 6.78. The van der Waals surface area contributed by atoms with Crippen molar-refractivity contribution < 1.29 is 0 Å². The molecule has 0 fully saturated rings. The minimum Gasteiger partial charge on any atom is -0.316 e. The lowest BCUT2D eigenvalue weighted by Gasteiger charge is -2.41. The van der Waals surface area contributed by atoms with Gasteiger partial charge in [-0.1, -0.05) is 35.4 Å². The summed E-state index contributed by atoms with van der Waals surface area (Å²) in [4.78, 5) is 0. The third-order valence-corrected chi connectivity index (χ3v) is 4.76. The van der Waals surface area contributed by atoms with Crippen LogP contribution >= 0.6 is 23.2 Å². The highest BCUT2D eigenvalue weighted by Gasteiger charge is 2.36. The van der Waals surface area contributed by atoms with Crippen LogP contribution in [0.15, 0.2) is 24.3 Å². The topological polar surface area (TPSA) is 12.0 Å². The summed E-state index contributed by atoms with van der Waals surface area (Å²) in [5, 5.41) is 4.80. The molecule has 2 bridgehead atoms. The van der Waals surface area contributed by atoms with Gasteiger partial charge in [0, 0.05) is 12.0 Å². The van der Waals surface area contributed by atoms with Crippen molar-refractivity contribution in [3.8, 4) is 0 Å². The molecule has 0 saturated heterocycles. The molecule has 0 amide bonds. The molecule has 3 atom stereocenters. The molecule has 0 saturated carbocycles. The summed E-state index contributed by atoms with van der Waals surface area (Å²) in [6, 6.07) is 4.64. The number of hydrogen-bond acceptors (Lipinski definition) is 1. The Balaban J connectivity index is 2.11. The largest absolute Gasteiger partial charge is 0.316 e. The Morgan fingerprint density at radius 3 is 2.76 bits per heavy atom. The van der Waals surface area contributed by atoms with Crippen molar-refractivity contribution in [1.29, 1.82) is 0 Å². The summed E-state index contributed by atoms with van der Waals surface area (Å²) < 4.78 is 0. The van der Waals surface area contributed by atoms with Gasteiger partial charge in [-0.05, 0) is 49.1 Å². The van der Waals surface area contributed by atoms with Crippen molar-refractivity contribution >= 4 is 23.2 Å². The number of likely N-dealkylation sites (N-methyl/N-ethyl adjacent to an activating group) is 1. The predicted molar refractivity (Wildman–Crippen MR) is 73.0 cm³/mol. The van der Waals surface area contributed by atoms with E-state index in [1.165, 1.54) is 11.1 Å². The average molecular weight is 268 g/mol. The van der Waals surface area contributed by atoms with Crippen LogP contribution in [0.5, 0.6) is 0 Å². The molecule has 0 radical (unpaired) electrons. The zero-order valence-corrected chi connectivity index (χ0v) is 11.2. The van der Waals surface area contributed by atoms with E-state index in [1.807, 2.05) is 13.1 Å². The maximum Gasteiger partial charge on any atom is 0.0595 e. The Kier molecular flexibility index (Phi) is 2.94. The molecule has 1 N–H and O–H groups in total. The van der Waals surface area contributed by atoms with Crippen molar-refractivity contribution in [3.05, 3.63) is 45.5 Å². The van der Waals surface area contributed by atoms with Crippen LogP contribution in [0.3, 0.4) is 0 Å². The van der Waals surface area contributed by atoms with Gasteiger partial charge < -0.3 is 5.32 Å². The van der Waals surface area contributed by atoms with Gasteiger partial charge in [0.15, 0.2) is 0 Å². The minimum atomic E-state index is 0.532. The van der Waals surface area contributed by atoms with Crippen LogP contribution in [0.1, 0.15) is 23.5 Å². The van der Waals surface area contributed by atoms with Crippen LogP contribution < -0.4 is 5.32 Å². The SMILES string of the molecule is CNC1C2C=CCC1c1cc(Cl)c(Cl)cc1C2. The molecule has 0 spiro atoms. The highest BCUT2D eigenvalue weighted by molar-refractivity contribution is 6.42. The molecule has 3 unspecified atom stereocenters. The van der Waals surface area contributed by atoms with Gasteiger partial charge in [-0.25, -0.2) is 0 Å². The highest BCUT2D eigenvalue weighted by atomic mass is 35.5. The van der Waals surface area contributed by atoms with Crippen LogP contribution in [-0.4, -0.2) is 13.1 Å². The van der Waals surface area contributed by atoms with Crippen molar-refractivity contribution in [2.45, 2.75) is 24.8 Å². The molecule has 90 valence electrons. The van der Waals surface area contributed by atoms with Gasteiger partial charge in [0.1, 0.15) is 0 Å². The van der Waals surface area contributed by atoms with E-state index in [0.717, 1.165) is 12.8 Å². The smallest absolute Gasteiger partial charge is 0.0595 e. The second-order valence-electron chi connectivity index (χ2n) is 4.92. The molecule has 0 aromatic heterocycles. The molecule has 17 heavy (non-hydrogen) atoms. The Hall–Kier alpha value is -0.500. The van der Waals surface area contributed by atoms with E-state index < -0.39 is 0 Å². The summed E-state index contributed by atoms with van der Waals surface area (Å²) in [6.45, 7) is 0. The molecule has 3 rings (SSSR count). The fourth-order valence-corrected chi connectivity index (χ4v) is 3.63. The van der Waals surface area contributed by atoms with Crippen LogP contribution in [0, 0.1) is 5.92 Å². The zero-order chi connectivity index (χ0) is 12.0. The number of rotatable bonds is 1. The van der Waals surface area contributed by atoms with Crippen molar-refractivity contribution in [2.75, 3.05) is 7.05 Å². The van der Waals surface area contributed by atoms with Gasteiger partial charge in [-0.2, -0.15) is 0 Å². The van der Waals surface area contributed by atoms with Crippen LogP contribution in [0.25, 0.3) is 0 Å². The molecular weight excluding hydrogens is 253 g/mol. The second kappa shape index (κ2) is 4.31.